The van der Waals surface area contributed by atoms with E-state index in [4.69, 9.17) is 0 Å². The van der Waals surface area contributed by atoms with Crippen molar-refractivity contribution in [2.75, 3.05) is 0 Å². The molecule has 0 aromatic heterocycles. The van der Waals surface area contributed by atoms with Crippen molar-refractivity contribution in [2.24, 2.45) is 0 Å². The van der Waals surface area contributed by atoms with E-state index >= 15 is 0 Å². The van der Waals surface area contributed by atoms with Crippen molar-refractivity contribution >= 4 is 10.1 Å². The smallest absolute Gasteiger partial charge is 0.748 e. The molecule has 0 fully saturated rings. The number of hydrogen-bond donors (Lipinski definition) is 1. The molecule has 1 N–H and O–H groups in total. The largest absolute Gasteiger partial charge is 1.00 e. The summed E-state index contributed by atoms with van der Waals surface area (Å²) >= 11 is 0. The van der Waals surface area contributed by atoms with Crippen LogP contribution in [0.5, 0.6) is 0 Å². The zero-order chi connectivity index (χ0) is 16.1. The predicted molar refractivity (Wildman–Crippen MR) is 86.2 cm³/mol. The van der Waals surface area contributed by atoms with Gasteiger partial charge in [0.1, 0.15) is 0 Å². The van der Waals surface area contributed by atoms with Crippen LogP contribution in [0.4, 0.5) is 0 Å². The molecule has 0 aliphatic carbocycles. The van der Waals surface area contributed by atoms with Gasteiger partial charge in [-0.05, 0) is 26.2 Å². The van der Waals surface area contributed by atoms with Gasteiger partial charge >= 0.3 is 29.6 Å². The molecule has 0 aromatic carbocycles. The zero-order valence-electron chi connectivity index (χ0n) is 14.7. The molecule has 0 bridgehead atoms. The Morgan fingerprint density at radius 2 is 1.27 bits per heavy atom. The molecule has 4 nitrogen and oxygen atoms in total. The Morgan fingerprint density at radius 3 is 1.77 bits per heavy atom. The molecule has 0 heterocycles. The minimum absolute atomic E-state index is 0. The van der Waals surface area contributed by atoms with Crippen LogP contribution in [0.1, 0.15) is 90.9 Å². The van der Waals surface area contributed by atoms with Crippen LogP contribution in [-0.4, -0.2) is 29.4 Å². The second-order valence-electron chi connectivity index (χ2n) is 6.15. The van der Waals surface area contributed by atoms with Crippen LogP contribution in [0, 0.1) is 0 Å². The molecule has 2 unspecified atom stereocenters. The fraction of sp³-hybridized carbons (Fsp3) is 1.00. The molecule has 0 saturated heterocycles. The van der Waals surface area contributed by atoms with Gasteiger partial charge < -0.3 is 9.66 Å². The van der Waals surface area contributed by atoms with Gasteiger partial charge in [-0.3, -0.25) is 0 Å². The third-order valence-electron chi connectivity index (χ3n) is 4.03. The molecule has 0 aromatic rings. The minimum Gasteiger partial charge on any atom is -0.748 e. The van der Waals surface area contributed by atoms with Crippen molar-refractivity contribution in [3.63, 3.8) is 0 Å². The first-order chi connectivity index (χ1) is 9.88. The molecule has 0 rings (SSSR count). The van der Waals surface area contributed by atoms with Crippen molar-refractivity contribution in [1.29, 1.82) is 0 Å². The van der Waals surface area contributed by atoms with Gasteiger partial charge in [0, 0.05) is 5.25 Å². The second-order valence-corrected chi connectivity index (χ2v) is 7.94. The van der Waals surface area contributed by atoms with E-state index < -0.39 is 15.4 Å². The Bertz CT molecular complexity index is 333. The summed E-state index contributed by atoms with van der Waals surface area (Å²) < 4.78 is 32.2. The Labute approximate surface area is 159 Å². The van der Waals surface area contributed by atoms with Gasteiger partial charge in [0.15, 0.2) is 0 Å². The molecule has 0 amide bonds. The number of aliphatic hydroxyl groups is 1. The summed E-state index contributed by atoms with van der Waals surface area (Å²) in [5.41, 5.74) is 0. The van der Waals surface area contributed by atoms with E-state index in [0.717, 1.165) is 19.3 Å². The molecular formula is C16H33NaO4S. The summed E-state index contributed by atoms with van der Waals surface area (Å²) in [6.45, 7) is 3.67. The van der Waals surface area contributed by atoms with E-state index in [1.165, 1.54) is 45.4 Å². The summed E-state index contributed by atoms with van der Waals surface area (Å²) in [6.07, 6.45) is 11.9. The van der Waals surface area contributed by atoms with Crippen molar-refractivity contribution in [1.82, 2.24) is 0 Å². The maximum Gasteiger partial charge on any atom is 1.00 e. The summed E-state index contributed by atoms with van der Waals surface area (Å²) in [6, 6.07) is 0. The van der Waals surface area contributed by atoms with Crippen LogP contribution < -0.4 is 29.6 Å². The molecule has 2 atom stereocenters. The summed E-state index contributed by atoms with van der Waals surface area (Å²) in [5, 5.41) is 9.03. The first-order valence-corrected chi connectivity index (χ1v) is 9.97. The zero-order valence-corrected chi connectivity index (χ0v) is 17.5. The number of rotatable bonds is 14. The first-order valence-electron chi connectivity index (χ1n) is 8.50. The Balaban J connectivity index is 0. The van der Waals surface area contributed by atoms with Gasteiger partial charge in [0.2, 0.25) is 0 Å². The van der Waals surface area contributed by atoms with E-state index in [1.54, 1.807) is 0 Å². The van der Waals surface area contributed by atoms with Crippen LogP contribution in [-0.2, 0) is 10.1 Å². The van der Waals surface area contributed by atoms with Gasteiger partial charge in [-0.1, -0.05) is 64.7 Å². The van der Waals surface area contributed by atoms with Crippen LogP contribution in [0.3, 0.4) is 0 Å². The van der Waals surface area contributed by atoms with Gasteiger partial charge in [0.25, 0.3) is 0 Å². The van der Waals surface area contributed by atoms with Crippen LogP contribution in [0.15, 0.2) is 0 Å². The molecule has 22 heavy (non-hydrogen) atoms. The van der Waals surface area contributed by atoms with Gasteiger partial charge in [-0.25, -0.2) is 8.42 Å². The normalized spacial score (nSPS) is 14.4. The van der Waals surface area contributed by atoms with Crippen molar-refractivity contribution in [2.45, 2.75) is 102 Å². The minimum atomic E-state index is -4.14. The average Bonchev–Trinajstić information content (AvgIpc) is 2.41. The molecule has 0 radical (unpaired) electrons. The number of unbranched alkanes of at least 4 members (excludes halogenated alkanes) is 7. The van der Waals surface area contributed by atoms with Crippen molar-refractivity contribution < 1.29 is 47.6 Å². The molecular weight excluding hydrogens is 311 g/mol. The van der Waals surface area contributed by atoms with E-state index in [1.807, 2.05) is 0 Å². The van der Waals surface area contributed by atoms with Crippen LogP contribution in [0.2, 0.25) is 0 Å². The fourth-order valence-corrected chi connectivity index (χ4v) is 2.89. The molecule has 0 spiro atoms. The molecule has 6 heteroatoms. The van der Waals surface area contributed by atoms with Crippen LogP contribution in [0.25, 0.3) is 0 Å². The quantitative estimate of drug-likeness (QED) is 0.290. The standard InChI is InChI=1S/C16H34O4S.Na/c1-3-4-5-6-7-8-9-13-16(17)14-11-10-12-15(2)21(18,19)20;/h15-17H,3-14H2,1-2H3,(H,18,19,20);/q;+1/p-1. The van der Waals surface area contributed by atoms with Gasteiger partial charge in [0.05, 0.1) is 16.2 Å². The fourth-order valence-electron chi connectivity index (χ4n) is 2.44. The third-order valence-corrected chi connectivity index (χ3v) is 5.25. The van der Waals surface area contributed by atoms with Crippen molar-refractivity contribution in [3.05, 3.63) is 0 Å². The van der Waals surface area contributed by atoms with Gasteiger partial charge in [-0.15, -0.1) is 0 Å². The van der Waals surface area contributed by atoms with Crippen molar-refractivity contribution in [3.8, 4) is 0 Å². The Kier molecular flexibility index (Phi) is 17.6. The van der Waals surface area contributed by atoms with E-state index in [0.29, 0.717) is 19.3 Å². The van der Waals surface area contributed by atoms with E-state index in [2.05, 4.69) is 6.92 Å². The third kappa shape index (κ3) is 15.8. The summed E-state index contributed by atoms with van der Waals surface area (Å²) in [5.74, 6) is 0. The summed E-state index contributed by atoms with van der Waals surface area (Å²) in [4.78, 5) is 0. The second kappa shape index (κ2) is 15.4. The molecule has 0 saturated carbocycles. The Hall–Kier alpha value is 0.870. The average molecular weight is 344 g/mol. The SMILES string of the molecule is CCCCCCCCCC(O)CCCCC(C)S(=O)(=O)[O-].[Na+]. The van der Waals surface area contributed by atoms with E-state index in [9.17, 15) is 18.1 Å². The monoisotopic (exact) mass is 344 g/mol. The molecule has 0 aliphatic rings. The first kappa shape index (κ1) is 25.1. The number of aliphatic hydroxyl groups excluding tert-OH is 1. The van der Waals surface area contributed by atoms with E-state index in [-0.39, 0.29) is 35.7 Å². The van der Waals surface area contributed by atoms with Gasteiger partial charge in [-0.2, -0.15) is 0 Å². The number of hydrogen-bond acceptors (Lipinski definition) is 4. The molecule has 128 valence electrons. The maximum absolute atomic E-state index is 10.7. The molecule has 0 aliphatic heterocycles. The predicted octanol–water partition coefficient (Wildman–Crippen LogP) is 0.986. The maximum atomic E-state index is 10.7. The topological polar surface area (TPSA) is 77.4 Å². The Morgan fingerprint density at radius 1 is 0.864 bits per heavy atom. The van der Waals surface area contributed by atoms with Crippen LogP contribution >= 0.6 is 0 Å². The summed E-state index contributed by atoms with van der Waals surface area (Å²) in [7, 11) is -4.14.